The Bertz CT molecular complexity index is 1570. The van der Waals surface area contributed by atoms with Gasteiger partial charge in [-0.2, -0.15) is 0 Å². The second kappa shape index (κ2) is 12.2. The highest BCUT2D eigenvalue weighted by molar-refractivity contribution is 5.88. The number of hydrogen-bond acceptors (Lipinski definition) is 16. The van der Waals surface area contributed by atoms with E-state index in [1.807, 2.05) is 0 Å². The van der Waals surface area contributed by atoms with Crippen molar-refractivity contribution in [3.8, 4) is 34.3 Å². The van der Waals surface area contributed by atoms with Crippen LogP contribution in [0.4, 0.5) is 0 Å². The number of aliphatic carboxylic acids is 1. The molecule has 3 aromatic rings. The first-order valence-corrected chi connectivity index (χ1v) is 13.0. The van der Waals surface area contributed by atoms with Gasteiger partial charge in [0.1, 0.15) is 70.9 Å². The first-order valence-electron chi connectivity index (χ1n) is 13.0. The fraction of sp³-hybridized carbons (Fsp3) is 0.407. The van der Waals surface area contributed by atoms with Gasteiger partial charge < -0.3 is 74.4 Å². The van der Waals surface area contributed by atoms with Gasteiger partial charge in [-0.25, -0.2) is 4.79 Å². The molecule has 2 aliphatic rings. The molecule has 0 bridgehead atoms. The Balaban J connectivity index is 1.58. The van der Waals surface area contributed by atoms with Gasteiger partial charge in [0.05, 0.1) is 6.61 Å². The summed E-state index contributed by atoms with van der Waals surface area (Å²) in [6.07, 6.45) is -18.4. The fourth-order valence-corrected chi connectivity index (χ4v) is 4.80. The summed E-state index contributed by atoms with van der Waals surface area (Å²) in [5, 5.41) is 99.8. The molecule has 10 atom stereocenters. The van der Waals surface area contributed by atoms with Crippen molar-refractivity contribution in [2.45, 2.75) is 61.4 Å². The smallest absolute Gasteiger partial charge is 0.335 e. The summed E-state index contributed by atoms with van der Waals surface area (Å²) < 4.78 is 27.4. The van der Waals surface area contributed by atoms with Crippen molar-refractivity contribution >= 4 is 16.9 Å². The van der Waals surface area contributed by atoms with Crippen LogP contribution < -0.4 is 14.9 Å². The molecule has 10 N–H and O–H groups in total. The van der Waals surface area contributed by atoms with Gasteiger partial charge in [0.2, 0.25) is 23.8 Å². The lowest BCUT2D eigenvalue weighted by atomic mass is 9.99. The lowest BCUT2D eigenvalue weighted by Gasteiger charge is -2.39. The second-order valence-corrected chi connectivity index (χ2v) is 10.1. The van der Waals surface area contributed by atoms with Crippen molar-refractivity contribution in [2.24, 2.45) is 0 Å². The van der Waals surface area contributed by atoms with Crippen LogP contribution in [0.25, 0.3) is 22.3 Å². The quantitative estimate of drug-likeness (QED) is 0.128. The predicted molar refractivity (Wildman–Crippen MR) is 141 cm³/mol. The van der Waals surface area contributed by atoms with E-state index < -0.39 is 96.3 Å². The van der Waals surface area contributed by atoms with E-state index in [1.54, 1.807) is 0 Å². The number of carboxylic acids is 1. The van der Waals surface area contributed by atoms with Crippen LogP contribution in [0.2, 0.25) is 0 Å². The second-order valence-electron chi connectivity index (χ2n) is 10.1. The molecular weight excluding hydrogens is 596 g/mol. The fourth-order valence-electron chi connectivity index (χ4n) is 4.80. The maximum absolute atomic E-state index is 13.7. The highest BCUT2D eigenvalue weighted by atomic mass is 16.7. The van der Waals surface area contributed by atoms with Crippen molar-refractivity contribution in [1.29, 1.82) is 0 Å². The molecule has 0 saturated carbocycles. The first kappa shape index (κ1) is 31.4. The Morgan fingerprint density at radius 1 is 0.795 bits per heavy atom. The summed E-state index contributed by atoms with van der Waals surface area (Å²) in [5.74, 6) is -4.00. The number of phenols is 2. The molecule has 0 amide bonds. The number of carbonyl (C=O) groups is 1. The third-order valence-electron chi connectivity index (χ3n) is 7.18. The van der Waals surface area contributed by atoms with Crippen molar-refractivity contribution < 1.29 is 79.2 Å². The molecule has 3 heterocycles. The molecule has 2 aromatic carbocycles. The number of aliphatic hydroxyl groups is 7. The lowest BCUT2D eigenvalue weighted by molar-refractivity contribution is -0.277. The van der Waals surface area contributed by atoms with Gasteiger partial charge in [0, 0.05) is 17.7 Å². The lowest BCUT2D eigenvalue weighted by Crippen LogP contribution is -2.61. The SMILES string of the molecule is O=C(O)C1OC(Oc2c(-c3ccc(O)cc3)oc3cc(OC4OC(CO)C(O)C(O)C4O)cc(O)c3c2=O)C(O)C(O)C1O. The predicted octanol–water partition coefficient (Wildman–Crippen LogP) is -2.68. The van der Waals surface area contributed by atoms with Crippen molar-refractivity contribution in [1.82, 2.24) is 0 Å². The monoisotopic (exact) mass is 624 g/mol. The number of aliphatic hydroxyl groups excluding tert-OH is 7. The summed E-state index contributed by atoms with van der Waals surface area (Å²) in [5.41, 5.74) is -1.32. The van der Waals surface area contributed by atoms with E-state index in [-0.39, 0.29) is 28.4 Å². The molecular formula is C27H28O17. The Morgan fingerprint density at radius 2 is 1.41 bits per heavy atom. The zero-order valence-electron chi connectivity index (χ0n) is 22.3. The summed E-state index contributed by atoms with van der Waals surface area (Å²) in [6.45, 7) is -0.732. The van der Waals surface area contributed by atoms with Gasteiger partial charge in [-0.3, -0.25) is 4.79 Å². The van der Waals surface area contributed by atoms with Crippen LogP contribution in [0.1, 0.15) is 0 Å². The van der Waals surface area contributed by atoms with Gasteiger partial charge in [0.15, 0.2) is 11.9 Å². The molecule has 17 nitrogen and oxygen atoms in total. The number of phenolic OH excluding ortho intramolecular Hbond substituents is 2. The van der Waals surface area contributed by atoms with Crippen molar-refractivity contribution in [3.05, 3.63) is 46.6 Å². The zero-order valence-corrected chi connectivity index (χ0v) is 22.3. The van der Waals surface area contributed by atoms with Gasteiger partial charge in [-0.15, -0.1) is 0 Å². The normalized spacial score (nSPS) is 32.3. The Hall–Kier alpha value is -4.04. The molecule has 2 fully saturated rings. The maximum atomic E-state index is 13.7. The number of aromatic hydroxyl groups is 2. The standard InChI is InChI=1S/C27H28O17/c28-7-13-15(31)17(33)20(36)26(42-13)40-10-5-11(30)14-12(6-10)41-22(8-1-3-9(29)4-2-8)23(16(14)32)43-27-21(37)18(34)19(35)24(44-27)25(38)39/h1-6,13,15,17-21,24,26-31,33-37H,7H2,(H,38,39). The van der Waals surface area contributed by atoms with E-state index >= 15 is 0 Å². The number of carboxylic acid groups (broad SMARTS) is 1. The average Bonchev–Trinajstić information content (AvgIpc) is 2.98. The molecule has 2 aliphatic heterocycles. The molecule has 0 radical (unpaired) electrons. The molecule has 5 rings (SSSR count). The van der Waals surface area contributed by atoms with Gasteiger partial charge in [-0.05, 0) is 24.3 Å². The van der Waals surface area contributed by atoms with E-state index in [2.05, 4.69) is 0 Å². The van der Waals surface area contributed by atoms with E-state index in [4.69, 9.17) is 23.4 Å². The third kappa shape index (κ3) is 5.63. The topological polar surface area (TPSA) is 286 Å². The van der Waals surface area contributed by atoms with Crippen LogP contribution in [-0.2, 0) is 14.3 Å². The highest BCUT2D eigenvalue weighted by Gasteiger charge is 2.49. The zero-order chi connectivity index (χ0) is 32.0. The van der Waals surface area contributed by atoms with Gasteiger partial charge in [0.25, 0.3) is 0 Å². The largest absolute Gasteiger partial charge is 0.508 e. The van der Waals surface area contributed by atoms with Crippen LogP contribution in [0, 0.1) is 0 Å². The maximum Gasteiger partial charge on any atom is 0.335 e. The molecule has 44 heavy (non-hydrogen) atoms. The van der Waals surface area contributed by atoms with Crippen LogP contribution in [0.5, 0.6) is 23.0 Å². The van der Waals surface area contributed by atoms with Crippen LogP contribution in [0.3, 0.4) is 0 Å². The van der Waals surface area contributed by atoms with Gasteiger partial charge >= 0.3 is 5.97 Å². The molecule has 0 spiro atoms. The molecule has 238 valence electrons. The number of rotatable bonds is 7. The summed E-state index contributed by atoms with van der Waals surface area (Å²) in [6, 6.07) is 7.07. The minimum atomic E-state index is -2.06. The van der Waals surface area contributed by atoms with Crippen LogP contribution in [-0.4, -0.2) is 125 Å². The van der Waals surface area contributed by atoms with E-state index in [1.165, 1.54) is 24.3 Å². The van der Waals surface area contributed by atoms with E-state index in [0.717, 1.165) is 12.1 Å². The first-order chi connectivity index (χ1) is 20.8. The molecule has 10 unspecified atom stereocenters. The number of hydrogen-bond donors (Lipinski definition) is 10. The number of benzene rings is 2. The van der Waals surface area contributed by atoms with E-state index in [0.29, 0.717) is 0 Å². The van der Waals surface area contributed by atoms with Crippen LogP contribution in [0.15, 0.2) is 45.6 Å². The summed E-state index contributed by atoms with van der Waals surface area (Å²) in [7, 11) is 0. The molecule has 1 aromatic heterocycles. The Kier molecular flexibility index (Phi) is 8.67. The van der Waals surface area contributed by atoms with Crippen LogP contribution >= 0.6 is 0 Å². The summed E-state index contributed by atoms with van der Waals surface area (Å²) >= 11 is 0. The Morgan fingerprint density at radius 3 is 2.02 bits per heavy atom. The molecule has 0 aliphatic carbocycles. The van der Waals surface area contributed by atoms with Crippen molar-refractivity contribution in [3.63, 3.8) is 0 Å². The average molecular weight is 625 g/mol. The Labute approximate surface area is 245 Å². The highest BCUT2D eigenvalue weighted by Crippen LogP contribution is 2.38. The molecule has 2 saturated heterocycles. The van der Waals surface area contributed by atoms with Gasteiger partial charge in [-0.1, -0.05) is 0 Å². The molecule has 17 heteroatoms. The summed E-state index contributed by atoms with van der Waals surface area (Å²) in [4.78, 5) is 25.3. The number of fused-ring (bicyclic) bond motifs is 1. The van der Waals surface area contributed by atoms with Crippen molar-refractivity contribution in [2.75, 3.05) is 6.61 Å². The third-order valence-corrected chi connectivity index (χ3v) is 7.18. The van der Waals surface area contributed by atoms with E-state index in [9.17, 15) is 60.7 Å². The minimum Gasteiger partial charge on any atom is -0.508 e. The number of ether oxygens (including phenoxy) is 4. The minimum absolute atomic E-state index is 0.0946.